The number of ether oxygens (including phenoxy) is 1. The average molecular weight is 464 g/mol. The first kappa shape index (κ1) is 21.1. The van der Waals surface area contributed by atoms with Crippen molar-refractivity contribution in [1.29, 1.82) is 0 Å². The summed E-state index contributed by atoms with van der Waals surface area (Å²) in [6.07, 6.45) is 2.53. The first-order valence-electron chi connectivity index (χ1n) is 10.5. The van der Waals surface area contributed by atoms with Crippen molar-refractivity contribution in [1.82, 2.24) is 19.9 Å². The number of anilines is 2. The molecular formula is C24H22FN5O2S. The number of H-pyrrole nitrogens is 1. The number of nitrogens with one attached hydrogen (secondary N) is 2. The molecule has 168 valence electrons. The molecule has 0 saturated heterocycles. The number of aryl methyl sites for hydroxylation is 1. The Morgan fingerprint density at radius 3 is 2.76 bits per heavy atom. The Morgan fingerprint density at radius 2 is 2.03 bits per heavy atom. The maximum atomic E-state index is 13.2. The molecule has 2 aromatic carbocycles. The van der Waals surface area contributed by atoms with Crippen LogP contribution in [-0.4, -0.2) is 39.4 Å². The van der Waals surface area contributed by atoms with Crippen molar-refractivity contribution in [2.75, 3.05) is 19.0 Å². The first-order valence-corrected chi connectivity index (χ1v) is 11.3. The lowest BCUT2D eigenvalue weighted by atomic mass is 10.1. The van der Waals surface area contributed by atoms with Crippen LogP contribution in [0.4, 0.5) is 15.2 Å². The number of halogens is 1. The Bertz CT molecular complexity index is 1310. The highest BCUT2D eigenvalue weighted by molar-refractivity contribution is 7.15. The van der Waals surface area contributed by atoms with Crippen molar-refractivity contribution in [2.45, 2.75) is 19.9 Å². The smallest absolute Gasteiger partial charge is 0.254 e. The number of nitrogens with zero attached hydrogens (tertiary/aromatic N) is 3. The Morgan fingerprint density at radius 1 is 1.21 bits per heavy atom. The fraction of sp³-hybridized carbons (Fsp3) is 0.208. The van der Waals surface area contributed by atoms with E-state index in [1.807, 2.05) is 31.3 Å². The number of thiazole rings is 1. The van der Waals surface area contributed by atoms with Crippen LogP contribution in [0.25, 0.3) is 11.4 Å². The van der Waals surface area contributed by atoms with E-state index in [1.165, 1.54) is 35.6 Å². The van der Waals surface area contributed by atoms with Gasteiger partial charge in [0.05, 0.1) is 30.6 Å². The molecule has 1 aliphatic heterocycles. The summed E-state index contributed by atoms with van der Waals surface area (Å²) in [6.45, 7) is 3.00. The Kier molecular flexibility index (Phi) is 5.55. The molecule has 2 N–H and O–H groups in total. The van der Waals surface area contributed by atoms with Crippen molar-refractivity contribution >= 4 is 28.1 Å². The monoisotopic (exact) mass is 463 g/mol. The summed E-state index contributed by atoms with van der Waals surface area (Å²) in [6, 6.07) is 11.5. The number of fused-ring (bicyclic) bond motifs is 1. The van der Waals surface area contributed by atoms with Gasteiger partial charge in [0.15, 0.2) is 5.13 Å². The molecule has 0 fully saturated rings. The number of hydrogen-bond donors (Lipinski definition) is 2. The highest BCUT2D eigenvalue weighted by Gasteiger charge is 2.25. The molecule has 0 atom stereocenters. The normalized spacial score (nSPS) is 13.0. The van der Waals surface area contributed by atoms with E-state index in [9.17, 15) is 9.18 Å². The number of amides is 1. The first-order chi connectivity index (χ1) is 16.0. The fourth-order valence-electron chi connectivity index (χ4n) is 3.84. The summed E-state index contributed by atoms with van der Waals surface area (Å²) in [5.74, 6) is 1.00. The third-order valence-electron chi connectivity index (χ3n) is 5.52. The molecule has 0 bridgehead atoms. The van der Waals surface area contributed by atoms with E-state index in [2.05, 4.69) is 15.3 Å². The van der Waals surface area contributed by atoms with Gasteiger partial charge in [-0.05, 0) is 43.3 Å². The molecule has 1 amide bonds. The molecule has 0 aliphatic carbocycles. The second-order valence-corrected chi connectivity index (χ2v) is 8.89. The largest absolute Gasteiger partial charge is 0.496 e. The van der Waals surface area contributed by atoms with Gasteiger partial charge in [-0.2, -0.15) is 0 Å². The third-order valence-corrected chi connectivity index (χ3v) is 6.52. The number of carbonyl (C=O) groups excluding carboxylic acids is 1. The quantitative estimate of drug-likeness (QED) is 0.438. The van der Waals surface area contributed by atoms with Gasteiger partial charge in [-0.1, -0.05) is 11.3 Å². The number of methoxy groups -OCH3 is 1. The van der Waals surface area contributed by atoms with Crippen LogP contribution in [0.15, 0.2) is 48.7 Å². The van der Waals surface area contributed by atoms with Crippen molar-refractivity contribution in [2.24, 2.45) is 0 Å². The van der Waals surface area contributed by atoms with E-state index in [0.717, 1.165) is 38.5 Å². The molecule has 2 aromatic heterocycles. The Labute approximate surface area is 194 Å². The van der Waals surface area contributed by atoms with Crippen molar-refractivity contribution in [3.63, 3.8) is 0 Å². The maximum Gasteiger partial charge on any atom is 0.254 e. The molecule has 0 unspecified atom stereocenters. The Balaban J connectivity index is 1.32. The van der Waals surface area contributed by atoms with Crippen LogP contribution in [0.1, 0.15) is 26.6 Å². The zero-order valence-corrected chi connectivity index (χ0v) is 19.0. The van der Waals surface area contributed by atoms with Gasteiger partial charge >= 0.3 is 0 Å². The van der Waals surface area contributed by atoms with E-state index >= 15 is 0 Å². The van der Waals surface area contributed by atoms with Crippen molar-refractivity contribution in [3.05, 3.63) is 76.3 Å². The molecule has 5 rings (SSSR count). The zero-order chi connectivity index (χ0) is 22.9. The summed E-state index contributed by atoms with van der Waals surface area (Å²) in [5, 5.41) is 4.12. The van der Waals surface area contributed by atoms with E-state index in [-0.39, 0.29) is 11.7 Å². The molecule has 0 radical (unpaired) electrons. The molecule has 3 heterocycles. The highest BCUT2D eigenvalue weighted by Crippen LogP contribution is 2.34. The van der Waals surface area contributed by atoms with Crippen LogP contribution >= 0.6 is 11.3 Å². The second-order valence-electron chi connectivity index (χ2n) is 7.80. The number of carbonyl (C=O) groups is 1. The summed E-state index contributed by atoms with van der Waals surface area (Å²) in [4.78, 5) is 28.0. The molecule has 4 aromatic rings. The number of aromatic nitrogens is 3. The average Bonchev–Trinajstić information content (AvgIpc) is 3.43. The summed E-state index contributed by atoms with van der Waals surface area (Å²) in [5.41, 5.74) is 4.13. The number of hydrogen-bond acceptors (Lipinski definition) is 6. The van der Waals surface area contributed by atoms with Gasteiger partial charge in [0.1, 0.15) is 17.4 Å². The van der Waals surface area contributed by atoms with Crippen LogP contribution in [0.2, 0.25) is 0 Å². The van der Waals surface area contributed by atoms with Crippen LogP contribution in [-0.2, 0) is 13.0 Å². The van der Waals surface area contributed by atoms with Gasteiger partial charge in [0.25, 0.3) is 5.91 Å². The number of imidazole rings is 1. The summed E-state index contributed by atoms with van der Waals surface area (Å²) >= 11 is 1.53. The predicted molar refractivity (Wildman–Crippen MR) is 126 cm³/mol. The number of aromatic amines is 1. The second kappa shape index (κ2) is 8.67. The minimum Gasteiger partial charge on any atom is -0.496 e. The summed E-state index contributed by atoms with van der Waals surface area (Å²) < 4.78 is 18.8. The lowest BCUT2D eigenvalue weighted by Crippen LogP contribution is -2.35. The molecular weight excluding hydrogens is 441 g/mol. The van der Waals surface area contributed by atoms with Gasteiger partial charge in [-0.25, -0.2) is 14.4 Å². The minimum absolute atomic E-state index is 0.1000. The molecule has 33 heavy (non-hydrogen) atoms. The molecule has 9 heteroatoms. The molecule has 1 aliphatic rings. The van der Waals surface area contributed by atoms with Gasteiger partial charge in [0, 0.05) is 41.4 Å². The molecule has 0 spiro atoms. The van der Waals surface area contributed by atoms with Crippen molar-refractivity contribution < 1.29 is 13.9 Å². The number of rotatable bonds is 5. The van der Waals surface area contributed by atoms with Crippen LogP contribution in [0.3, 0.4) is 0 Å². The SMILES string of the molecule is COc1cc(Nc2nc3c(s2)CN(C(=O)c2ccc(F)cc2)CC3)ccc1-c1nc(C)c[nH]1. The van der Waals surface area contributed by atoms with E-state index < -0.39 is 0 Å². The van der Waals surface area contributed by atoms with Crippen LogP contribution < -0.4 is 10.1 Å². The third kappa shape index (κ3) is 4.31. The van der Waals surface area contributed by atoms with Crippen LogP contribution in [0.5, 0.6) is 5.75 Å². The van der Waals surface area contributed by atoms with Gasteiger partial charge < -0.3 is 19.9 Å². The fourth-order valence-corrected chi connectivity index (χ4v) is 4.88. The van der Waals surface area contributed by atoms with E-state index in [4.69, 9.17) is 9.72 Å². The minimum atomic E-state index is -0.352. The zero-order valence-electron chi connectivity index (χ0n) is 18.2. The van der Waals surface area contributed by atoms with E-state index in [1.54, 1.807) is 12.0 Å². The summed E-state index contributed by atoms with van der Waals surface area (Å²) in [7, 11) is 1.63. The maximum absolute atomic E-state index is 13.2. The van der Waals surface area contributed by atoms with Gasteiger partial charge in [-0.15, -0.1) is 0 Å². The molecule has 7 nitrogen and oxygen atoms in total. The highest BCUT2D eigenvalue weighted by atomic mass is 32.1. The molecule has 0 saturated carbocycles. The lowest BCUT2D eigenvalue weighted by Gasteiger charge is -2.26. The lowest BCUT2D eigenvalue weighted by molar-refractivity contribution is 0.0736. The topological polar surface area (TPSA) is 83.1 Å². The standard InChI is InChI=1S/C24H22FN5O2S/c1-14-12-26-22(27-14)18-8-7-17(11-20(18)32-2)28-24-29-19-9-10-30(13-21(19)33-24)23(31)15-3-5-16(25)6-4-15/h3-8,11-12H,9-10,13H2,1-2H3,(H,26,27)(H,28,29). The Hall–Kier alpha value is -3.72. The van der Waals surface area contributed by atoms with Crippen LogP contribution in [0, 0.1) is 12.7 Å². The van der Waals surface area contributed by atoms with Gasteiger partial charge in [-0.3, -0.25) is 4.79 Å². The number of benzene rings is 2. The van der Waals surface area contributed by atoms with Gasteiger partial charge in [0.2, 0.25) is 0 Å². The van der Waals surface area contributed by atoms with E-state index in [0.29, 0.717) is 30.8 Å². The van der Waals surface area contributed by atoms with Crippen molar-refractivity contribution in [3.8, 4) is 17.1 Å². The predicted octanol–water partition coefficient (Wildman–Crippen LogP) is 4.93.